The second-order valence-electron chi connectivity index (χ2n) is 7.97. The normalized spacial score (nSPS) is 14.2. The fourth-order valence-electron chi connectivity index (χ4n) is 3.71. The van der Waals surface area contributed by atoms with Gasteiger partial charge in [0.25, 0.3) is 11.8 Å². The molecule has 34 heavy (non-hydrogen) atoms. The van der Waals surface area contributed by atoms with Crippen molar-refractivity contribution in [1.29, 1.82) is 0 Å². The van der Waals surface area contributed by atoms with E-state index in [1.165, 1.54) is 32.4 Å². The summed E-state index contributed by atoms with van der Waals surface area (Å²) in [6.07, 6.45) is 1.25. The standard InChI is InChI=1S/C24H29FN4O5/c1-33-20-8-5-18(13-21(20)34-2)24(32)28-27-22(30)15-29-11-9-17(10-12-29)23(31)26-14-16-3-6-19(25)7-4-16/h3-8,13,17H,9-12,14-15H2,1-2H3,(H,26,31)(H,27,30)(H,28,32). The van der Waals surface area contributed by atoms with Crippen LogP contribution in [0.5, 0.6) is 11.5 Å². The van der Waals surface area contributed by atoms with Gasteiger partial charge in [-0.3, -0.25) is 30.1 Å². The first-order valence-electron chi connectivity index (χ1n) is 11.0. The van der Waals surface area contributed by atoms with Crippen LogP contribution in [0, 0.1) is 11.7 Å². The number of benzene rings is 2. The monoisotopic (exact) mass is 472 g/mol. The number of nitrogens with zero attached hydrogens (tertiary/aromatic N) is 1. The van der Waals surface area contributed by atoms with Crippen LogP contribution < -0.4 is 25.6 Å². The summed E-state index contributed by atoms with van der Waals surface area (Å²) in [4.78, 5) is 38.9. The molecule has 0 aromatic heterocycles. The highest BCUT2D eigenvalue weighted by Crippen LogP contribution is 2.27. The number of methoxy groups -OCH3 is 2. The number of rotatable bonds is 8. The average Bonchev–Trinajstić information content (AvgIpc) is 2.86. The van der Waals surface area contributed by atoms with Gasteiger partial charge in [0.15, 0.2) is 11.5 Å². The molecule has 182 valence electrons. The molecule has 0 unspecified atom stereocenters. The lowest BCUT2D eigenvalue weighted by atomic mass is 9.96. The number of carbonyl (C=O) groups is 3. The van der Waals surface area contributed by atoms with Gasteiger partial charge in [0.05, 0.1) is 20.8 Å². The zero-order valence-electron chi connectivity index (χ0n) is 19.2. The SMILES string of the molecule is COc1ccc(C(=O)NNC(=O)CN2CCC(C(=O)NCc3ccc(F)cc3)CC2)cc1OC. The van der Waals surface area contributed by atoms with Gasteiger partial charge in [-0.15, -0.1) is 0 Å². The fourth-order valence-corrected chi connectivity index (χ4v) is 3.71. The molecule has 2 aromatic rings. The molecule has 2 aromatic carbocycles. The zero-order chi connectivity index (χ0) is 24.5. The average molecular weight is 473 g/mol. The van der Waals surface area contributed by atoms with Crippen LogP contribution in [-0.2, 0) is 16.1 Å². The van der Waals surface area contributed by atoms with Gasteiger partial charge in [-0.1, -0.05) is 12.1 Å². The van der Waals surface area contributed by atoms with Crippen molar-refractivity contribution >= 4 is 17.7 Å². The molecule has 0 spiro atoms. The van der Waals surface area contributed by atoms with Gasteiger partial charge in [0.2, 0.25) is 5.91 Å². The third kappa shape index (κ3) is 6.92. The highest BCUT2D eigenvalue weighted by Gasteiger charge is 2.26. The van der Waals surface area contributed by atoms with Crippen molar-refractivity contribution in [2.45, 2.75) is 19.4 Å². The first kappa shape index (κ1) is 25.0. The van der Waals surface area contributed by atoms with Gasteiger partial charge in [0.1, 0.15) is 5.82 Å². The van der Waals surface area contributed by atoms with Crippen LogP contribution in [0.4, 0.5) is 4.39 Å². The number of hydrogen-bond donors (Lipinski definition) is 3. The van der Waals surface area contributed by atoms with E-state index >= 15 is 0 Å². The summed E-state index contributed by atoms with van der Waals surface area (Å²) in [7, 11) is 2.97. The fraction of sp³-hybridized carbons (Fsp3) is 0.375. The van der Waals surface area contributed by atoms with Crippen molar-refractivity contribution in [2.75, 3.05) is 33.9 Å². The van der Waals surface area contributed by atoms with Crippen LogP contribution in [0.25, 0.3) is 0 Å². The lowest BCUT2D eigenvalue weighted by Crippen LogP contribution is -2.48. The summed E-state index contributed by atoms with van der Waals surface area (Å²) in [5.74, 6) is -0.423. The molecule has 1 fully saturated rings. The van der Waals surface area contributed by atoms with E-state index < -0.39 is 5.91 Å². The number of ether oxygens (including phenoxy) is 2. The van der Waals surface area contributed by atoms with Gasteiger partial charge in [-0.05, 0) is 61.8 Å². The Kier molecular flexibility index (Phi) is 8.80. The Morgan fingerprint density at radius 1 is 0.971 bits per heavy atom. The molecular weight excluding hydrogens is 443 g/mol. The second-order valence-corrected chi connectivity index (χ2v) is 7.97. The quantitative estimate of drug-likeness (QED) is 0.504. The van der Waals surface area contributed by atoms with Crippen molar-refractivity contribution in [3.8, 4) is 11.5 Å². The number of likely N-dealkylation sites (tertiary alicyclic amines) is 1. The minimum Gasteiger partial charge on any atom is -0.493 e. The number of halogens is 1. The van der Waals surface area contributed by atoms with E-state index in [1.807, 2.05) is 4.90 Å². The van der Waals surface area contributed by atoms with E-state index in [0.29, 0.717) is 49.5 Å². The number of nitrogens with one attached hydrogen (secondary N) is 3. The Morgan fingerprint density at radius 3 is 2.29 bits per heavy atom. The number of hydrazine groups is 1. The van der Waals surface area contributed by atoms with Gasteiger partial charge >= 0.3 is 0 Å². The first-order chi connectivity index (χ1) is 16.4. The van der Waals surface area contributed by atoms with E-state index in [9.17, 15) is 18.8 Å². The molecule has 1 aliphatic rings. The summed E-state index contributed by atoms with van der Waals surface area (Å²) < 4.78 is 23.3. The maximum Gasteiger partial charge on any atom is 0.269 e. The van der Waals surface area contributed by atoms with E-state index in [0.717, 1.165) is 5.56 Å². The Labute approximate surface area is 197 Å². The van der Waals surface area contributed by atoms with Crippen LogP contribution in [-0.4, -0.2) is 56.5 Å². The van der Waals surface area contributed by atoms with Gasteiger partial charge < -0.3 is 14.8 Å². The third-order valence-electron chi connectivity index (χ3n) is 5.67. The molecule has 0 aliphatic carbocycles. The predicted octanol–water partition coefficient (Wildman–Crippen LogP) is 1.63. The summed E-state index contributed by atoms with van der Waals surface area (Å²) in [6.45, 7) is 1.63. The van der Waals surface area contributed by atoms with Crippen LogP contribution in [0.3, 0.4) is 0 Å². The molecule has 1 heterocycles. The van der Waals surface area contributed by atoms with E-state index in [2.05, 4.69) is 16.2 Å². The molecule has 0 saturated carbocycles. The Bertz CT molecular complexity index is 1010. The molecule has 3 N–H and O–H groups in total. The van der Waals surface area contributed by atoms with Crippen LogP contribution in [0.2, 0.25) is 0 Å². The Morgan fingerprint density at radius 2 is 1.65 bits per heavy atom. The molecule has 0 radical (unpaired) electrons. The Hall–Kier alpha value is -3.66. The second kappa shape index (κ2) is 12.0. The highest BCUT2D eigenvalue weighted by atomic mass is 19.1. The molecule has 3 rings (SSSR count). The maximum absolute atomic E-state index is 13.0. The number of hydrogen-bond acceptors (Lipinski definition) is 6. The smallest absolute Gasteiger partial charge is 0.269 e. The largest absolute Gasteiger partial charge is 0.493 e. The lowest BCUT2D eigenvalue weighted by Gasteiger charge is -2.30. The van der Waals surface area contributed by atoms with Crippen molar-refractivity contribution in [1.82, 2.24) is 21.1 Å². The van der Waals surface area contributed by atoms with Crippen molar-refractivity contribution in [2.24, 2.45) is 5.92 Å². The van der Waals surface area contributed by atoms with E-state index in [-0.39, 0.29) is 30.1 Å². The number of carbonyl (C=O) groups excluding carboxylic acids is 3. The lowest BCUT2D eigenvalue weighted by molar-refractivity contribution is -0.127. The van der Waals surface area contributed by atoms with Crippen LogP contribution >= 0.6 is 0 Å². The summed E-state index contributed by atoms with van der Waals surface area (Å²) >= 11 is 0. The molecule has 0 bridgehead atoms. The topological polar surface area (TPSA) is 109 Å². The van der Waals surface area contributed by atoms with Crippen LogP contribution in [0.1, 0.15) is 28.8 Å². The van der Waals surface area contributed by atoms with Gasteiger partial charge in [-0.25, -0.2) is 4.39 Å². The molecule has 1 saturated heterocycles. The minimum atomic E-state index is -0.481. The first-order valence-corrected chi connectivity index (χ1v) is 11.0. The molecule has 0 atom stereocenters. The van der Waals surface area contributed by atoms with Gasteiger partial charge in [0, 0.05) is 18.0 Å². The predicted molar refractivity (Wildman–Crippen MR) is 123 cm³/mol. The van der Waals surface area contributed by atoms with Crippen molar-refractivity contribution in [3.63, 3.8) is 0 Å². The molecule has 9 nitrogen and oxygen atoms in total. The minimum absolute atomic E-state index is 0.0457. The summed E-state index contributed by atoms with van der Waals surface area (Å²) in [5.41, 5.74) is 5.95. The van der Waals surface area contributed by atoms with Crippen LogP contribution in [0.15, 0.2) is 42.5 Å². The van der Waals surface area contributed by atoms with Crippen molar-refractivity contribution in [3.05, 3.63) is 59.4 Å². The number of piperidine rings is 1. The van der Waals surface area contributed by atoms with Gasteiger partial charge in [-0.2, -0.15) is 0 Å². The summed E-state index contributed by atoms with van der Waals surface area (Å²) in [6, 6.07) is 10.7. The molecule has 10 heteroatoms. The summed E-state index contributed by atoms with van der Waals surface area (Å²) in [5, 5.41) is 2.88. The zero-order valence-corrected chi connectivity index (χ0v) is 19.2. The third-order valence-corrected chi connectivity index (χ3v) is 5.67. The van der Waals surface area contributed by atoms with E-state index in [1.54, 1.807) is 24.3 Å². The molecular formula is C24H29FN4O5. The van der Waals surface area contributed by atoms with Crippen molar-refractivity contribution < 1.29 is 28.2 Å². The molecule has 1 aliphatic heterocycles. The maximum atomic E-state index is 13.0. The molecule has 3 amide bonds. The van der Waals surface area contributed by atoms with E-state index in [4.69, 9.17) is 9.47 Å². The number of amides is 3. The highest BCUT2D eigenvalue weighted by molar-refractivity contribution is 5.96. The Balaban J connectivity index is 1.37.